The highest BCUT2D eigenvalue weighted by atomic mass is 32.2. The lowest BCUT2D eigenvalue weighted by atomic mass is 9.98. The first kappa shape index (κ1) is 15.9. The van der Waals surface area contributed by atoms with Crippen molar-refractivity contribution in [1.29, 1.82) is 0 Å². The molecule has 0 bridgehead atoms. The molecule has 1 amide bonds. The van der Waals surface area contributed by atoms with Gasteiger partial charge in [0.05, 0.1) is 17.8 Å². The van der Waals surface area contributed by atoms with Gasteiger partial charge in [-0.05, 0) is 30.5 Å². The number of primary sulfonamides is 1. The number of nitrogens with one attached hydrogen (secondary N) is 1. The first-order valence-corrected chi connectivity index (χ1v) is 8.62. The molecule has 21 heavy (non-hydrogen) atoms. The van der Waals surface area contributed by atoms with Crippen molar-refractivity contribution in [2.45, 2.75) is 31.6 Å². The van der Waals surface area contributed by atoms with Gasteiger partial charge in [-0.1, -0.05) is 19.1 Å². The van der Waals surface area contributed by atoms with Gasteiger partial charge < -0.3 is 10.1 Å². The molecule has 2 unspecified atom stereocenters. The lowest BCUT2D eigenvalue weighted by molar-refractivity contribution is -0.121. The molecule has 2 atom stereocenters. The minimum absolute atomic E-state index is 0.0216. The van der Waals surface area contributed by atoms with Crippen molar-refractivity contribution >= 4 is 21.6 Å². The molecule has 0 radical (unpaired) electrons. The molecule has 1 aliphatic heterocycles. The summed E-state index contributed by atoms with van der Waals surface area (Å²) in [6.07, 6.45) is 1.52. The number of anilines is 1. The van der Waals surface area contributed by atoms with Gasteiger partial charge in [0.1, 0.15) is 0 Å². The number of sulfonamides is 1. The number of benzene rings is 1. The second kappa shape index (κ2) is 6.55. The van der Waals surface area contributed by atoms with Crippen LogP contribution in [0.1, 0.15) is 25.3 Å². The SMILES string of the molecule is CCC1OCCC1C(=O)Nc1ccc(CS(N)(=O)=O)cc1. The van der Waals surface area contributed by atoms with Crippen LogP contribution in [0, 0.1) is 5.92 Å². The number of amides is 1. The molecule has 1 saturated heterocycles. The number of hydrogen-bond donors (Lipinski definition) is 2. The third kappa shape index (κ3) is 4.52. The molecule has 1 heterocycles. The summed E-state index contributed by atoms with van der Waals surface area (Å²) in [6, 6.07) is 6.63. The molecule has 1 aliphatic rings. The summed E-state index contributed by atoms with van der Waals surface area (Å²) in [5.74, 6) is -0.395. The summed E-state index contributed by atoms with van der Waals surface area (Å²) in [7, 11) is -3.54. The number of nitrogens with two attached hydrogens (primary N) is 1. The van der Waals surface area contributed by atoms with Gasteiger partial charge in [0.2, 0.25) is 15.9 Å². The van der Waals surface area contributed by atoms with Crippen LogP contribution in [-0.4, -0.2) is 27.0 Å². The monoisotopic (exact) mass is 312 g/mol. The summed E-state index contributed by atoms with van der Waals surface area (Å²) in [4.78, 5) is 12.2. The van der Waals surface area contributed by atoms with Gasteiger partial charge >= 0.3 is 0 Å². The third-order valence-electron chi connectivity index (χ3n) is 3.54. The van der Waals surface area contributed by atoms with E-state index in [-0.39, 0.29) is 23.7 Å². The summed E-state index contributed by atoms with van der Waals surface area (Å²) < 4.78 is 27.5. The Morgan fingerprint density at radius 3 is 2.62 bits per heavy atom. The Bertz CT molecular complexity index is 598. The zero-order valence-corrected chi connectivity index (χ0v) is 12.7. The zero-order valence-electron chi connectivity index (χ0n) is 11.9. The van der Waals surface area contributed by atoms with Crippen LogP contribution >= 0.6 is 0 Å². The van der Waals surface area contributed by atoms with Crippen molar-refractivity contribution in [2.75, 3.05) is 11.9 Å². The maximum absolute atomic E-state index is 12.2. The molecule has 6 nitrogen and oxygen atoms in total. The van der Waals surface area contributed by atoms with Crippen LogP contribution in [-0.2, 0) is 25.3 Å². The van der Waals surface area contributed by atoms with Crippen molar-refractivity contribution in [3.8, 4) is 0 Å². The molecule has 0 aromatic heterocycles. The number of ether oxygens (including phenoxy) is 1. The molecule has 3 N–H and O–H groups in total. The Kier molecular flexibility index (Phi) is 4.97. The van der Waals surface area contributed by atoms with E-state index >= 15 is 0 Å². The smallest absolute Gasteiger partial charge is 0.230 e. The predicted octanol–water partition coefficient (Wildman–Crippen LogP) is 1.23. The molecular weight excluding hydrogens is 292 g/mol. The maximum Gasteiger partial charge on any atom is 0.230 e. The predicted molar refractivity (Wildman–Crippen MR) is 80.0 cm³/mol. The van der Waals surface area contributed by atoms with E-state index in [1.165, 1.54) is 0 Å². The summed E-state index contributed by atoms with van der Waals surface area (Å²) in [5, 5.41) is 7.83. The molecule has 7 heteroatoms. The minimum atomic E-state index is -3.54. The van der Waals surface area contributed by atoms with Gasteiger partial charge in [-0.15, -0.1) is 0 Å². The molecule has 1 aromatic rings. The molecule has 0 saturated carbocycles. The molecule has 0 spiro atoms. The Labute approximate surface area is 124 Å². The van der Waals surface area contributed by atoms with Crippen molar-refractivity contribution in [2.24, 2.45) is 11.1 Å². The normalized spacial score (nSPS) is 22.2. The lowest BCUT2D eigenvalue weighted by Crippen LogP contribution is -2.29. The molecule has 0 aliphatic carbocycles. The fourth-order valence-corrected chi connectivity index (χ4v) is 3.16. The summed E-state index contributed by atoms with van der Waals surface area (Å²) >= 11 is 0. The highest BCUT2D eigenvalue weighted by Crippen LogP contribution is 2.25. The van der Waals surface area contributed by atoms with Gasteiger partial charge in [0.15, 0.2) is 0 Å². The van der Waals surface area contributed by atoms with E-state index in [2.05, 4.69) is 5.32 Å². The van der Waals surface area contributed by atoms with Crippen LogP contribution in [0.4, 0.5) is 5.69 Å². The van der Waals surface area contributed by atoms with Crippen LogP contribution in [0.5, 0.6) is 0 Å². The second-order valence-corrected chi connectivity index (χ2v) is 6.82. The van der Waals surface area contributed by atoms with E-state index < -0.39 is 10.0 Å². The van der Waals surface area contributed by atoms with E-state index in [0.29, 0.717) is 17.9 Å². The number of carbonyl (C=O) groups is 1. The van der Waals surface area contributed by atoms with Gasteiger partial charge in [-0.25, -0.2) is 13.6 Å². The van der Waals surface area contributed by atoms with Crippen molar-refractivity contribution in [1.82, 2.24) is 0 Å². The standard InChI is InChI=1S/C14H20N2O4S/c1-2-13-12(7-8-20-13)14(17)16-11-5-3-10(4-6-11)9-21(15,18)19/h3-6,12-13H,2,7-9H2,1H3,(H,16,17)(H2,15,18,19). The van der Waals surface area contributed by atoms with E-state index in [1.54, 1.807) is 24.3 Å². The van der Waals surface area contributed by atoms with Crippen molar-refractivity contribution in [3.63, 3.8) is 0 Å². The first-order chi connectivity index (χ1) is 9.89. The Balaban J connectivity index is 1.98. The molecular formula is C14H20N2O4S. The number of hydrogen-bond acceptors (Lipinski definition) is 4. The van der Waals surface area contributed by atoms with Gasteiger partial charge in [0.25, 0.3) is 0 Å². The second-order valence-electron chi connectivity index (χ2n) is 5.21. The van der Waals surface area contributed by atoms with E-state index in [9.17, 15) is 13.2 Å². The van der Waals surface area contributed by atoms with Crippen LogP contribution < -0.4 is 10.5 Å². The highest BCUT2D eigenvalue weighted by molar-refractivity contribution is 7.88. The lowest BCUT2D eigenvalue weighted by Gasteiger charge is -2.16. The summed E-state index contributed by atoms with van der Waals surface area (Å²) in [5.41, 5.74) is 1.23. The molecule has 116 valence electrons. The van der Waals surface area contributed by atoms with Gasteiger partial charge in [-0.3, -0.25) is 4.79 Å². The van der Waals surface area contributed by atoms with E-state index in [1.807, 2.05) is 6.92 Å². The average Bonchev–Trinajstić information content (AvgIpc) is 2.87. The quantitative estimate of drug-likeness (QED) is 0.854. The third-order valence-corrected chi connectivity index (χ3v) is 4.27. The fraction of sp³-hybridized carbons (Fsp3) is 0.500. The fourth-order valence-electron chi connectivity index (χ4n) is 2.50. The molecule has 2 rings (SSSR count). The minimum Gasteiger partial charge on any atom is -0.377 e. The number of rotatable bonds is 5. The van der Waals surface area contributed by atoms with Crippen LogP contribution in [0.3, 0.4) is 0 Å². The largest absolute Gasteiger partial charge is 0.377 e. The molecule has 1 fully saturated rings. The zero-order chi connectivity index (χ0) is 15.5. The summed E-state index contributed by atoms with van der Waals surface area (Å²) in [6.45, 7) is 2.61. The average molecular weight is 312 g/mol. The highest BCUT2D eigenvalue weighted by Gasteiger charge is 2.32. The van der Waals surface area contributed by atoms with Gasteiger partial charge in [-0.2, -0.15) is 0 Å². The van der Waals surface area contributed by atoms with Gasteiger partial charge in [0, 0.05) is 12.3 Å². The maximum atomic E-state index is 12.2. The Morgan fingerprint density at radius 2 is 2.05 bits per heavy atom. The van der Waals surface area contributed by atoms with Crippen molar-refractivity contribution < 1.29 is 17.9 Å². The van der Waals surface area contributed by atoms with Crippen molar-refractivity contribution in [3.05, 3.63) is 29.8 Å². The van der Waals surface area contributed by atoms with Crippen LogP contribution in [0.25, 0.3) is 0 Å². The van der Waals surface area contributed by atoms with E-state index in [4.69, 9.17) is 9.88 Å². The topological polar surface area (TPSA) is 98.5 Å². The Hall–Kier alpha value is -1.44. The Morgan fingerprint density at radius 1 is 1.38 bits per heavy atom. The van der Waals surface area contributed by atoms with E-state index in [0.717, 1.165) is 12.8 Å². The number of carbonyl (C=O) groups excluding carboxylic acids is 1. The van der Waals surface area contributed by atoms with Crippen LogP contribution in [0.2, 0.25) is 0 Å². The van der Waals surface area contributed by atoms with Crippen LogP contribution in [0.15, 0.2) is 24.3 Å². The molecule has 1 aromatic carbocycles. The first-order valence-electron chi connectivity index (χ1n) is 6.91.